The van der Waals surface area contributed by atoms with Crippen LogP contribution in [-0.4, -0.2) is 37.5 Å². The van der Waals surface area contributed by atoms with E-state index in [0.29, 0.717) is 23.6 Å². The van der Waals surface area contributed by atoms with Gasteiger partial charge < -0.3 is 10.1 Å². The number of nitrogens with one attached hydrogen (secondary N) is 1. The molecule has 3 aromatic rings. The quantitative estimate of drug-likeness (QED) is 0.436. The lowest BCUT2D eigenvalue weighted by Gasteiger charge is -2.09. The molecule has 10 nitrogen and oxygen atoms in total. The molecule has 1 N–H and O–H groups in total. The van der Waals surface area contributed by atoms with Crippen LogP contribution < -0.4 is 10.1 Å². The topological polar surface area (TPSA) is 117 Å². The maximum atomic E-state index is 12.5. The second-order valence-electron chi connectivity index (χ2n) is 7.35. The second kappa shape index (κ2) is 8.99. The highest BCUT2D eigenvalue weighted by molar-refractivity contribution is 5.91. The largest absolute Gasteiger partial charge is 0.497 e. The zero-order valence-corrected chi connectivity index (χ0v) is 18.3. The summed E-state index contributed by atoms with van der Waals surface area (Å²) in [5, 5.41) is 22.8. The Kier molecular flexibility index (Phi) is 6.38. The fourth-order valence-corrected chi connectivity index (χ4v) is 3.55. The maximum absolute atomic E-state index is 12.5. The molecule has 0 aliphatic rings. The van der Waals surface area contributed by atoms with Crippen molar-refractivity contribution in [1.29, 1.82) is 0 Å². The maximum Gasteiger partial charge on any atom is 0.312 e. The van der Waals surface area contributed by atoms with Crippen molar-refractivity contribution in [1.82, 2.24) is 19.6 Å². The fraction of sp³-hybridized carbons (Fsp3) is 0.381. The van der Waals surface area contributed by atoms with Gasteiger partial charge in [0.15, 0.2) is 0 Å². The minimum atomic E-state index is -0.447. The summed E-state index contributed by atoms with van der Waals surface area (Å²) in [5.41, 5.74) is 4.04. The lowest BCUT2D eigenvalue weighted by molar-refractivity contribution is -0.386. The Morgan fingerprint density at radius 2 is 1.84 bits per heavy atom. The van der Waals surface area contributed by atoms with Gasteiger partial charge in [0.25, 0.3) is 0 Å². The third kappa shape index (κ3) is 4.73. The number of nitrogens with zero attached hydrogens (tertiary/aromatic N) is 5. The number of aromatic nitrogens is 4. The van der Waals surface area contributed by atoms with Crippen LogP contribution in [0.15, 0.2) is 24.3 Å². The van der Waals surface area contributed by atoms with E-state index in [1.807, 2.05) is 42.8 Å². The van der Waals surface area contributed by atoms with Crippen LogP contribution in [0.5, 0.6) is 5.75 Å². The van der Waals surface area contributed by atoms with Crippen LogP contribution in [0, 0.1) is 37.8 Å². The summed E-state index contributed by atoms with van der Waals surface area (Å²) in [7, 11) is 1.63. The Morgan fingerprint density at radius 1 is 1.13 bits per heavy atom. The first-order valence-electron chi connectivity index (χ1n) is 9.86. The van der Waals surface area contributed by atoms with Gasteiger partial charge in [-0.15, -0.1) is 0 Å². The Balaban J connectivity index is 1.68. The lowest BCUT2D eigenvalue weighted by Crippen LogP contribution is -2.16. The zero-order chi connectivity index (χ0) is 22.7. The van der Waals surface area contributed by atoms with Crippen LogP contribution >= 0.6 is 0 Å². The molecule has 0 fully saturated rings. The highest BCUT2D eigenvalue weighted by atomic mass is 16.6. The number of hydrogen-bond donors (Lipinski definition) is 1. The number of aryl methyl sites for hydroxylation is 3. The van der Waals surface area contributed by atoms with E-state index in [2.05, 4.69) is 15.5 Å². The number of benzene rings is 1. The smallest absolute Gasteiger partial charge is 0.312 e. The summed E-state index contributed by atoms with van der Waals surface area (Å²) in [5.74, 6) is 0.569. The fourth-order valence-electron chi connectivity index (χ4n) is 3.55. The Bertz CT molecular complexity index is 1130. The molecule has 0 saturated carbocycles. The summed E-state index contributed by atoms with van der Waals surface area (Å²) in [6.45, 7) is 7.77. The standard InChI is InChI=1S/C21H26N6O4/c1-13-20(15(3)26(23-13)12-17-7-6-8-18(11-17)31-5)22-19(28)9-10-25-16(4)21(27(29)30)14(2)24-25/h6-8,11H,9-10,12H2,1-5H3,(H,22,28). The first-order valence-corrected chi connectivity index (χ1v) is 9.86. The van der Waals surface area contributed by atoms with E-state index >= 15 is 0 Å². The molecule has 31 heavy (non-hydrogen) atoms. The zero-order valence-electron chi connectivity index (χ0n) is 18.3. The predicted octanol–water partition coefficient (Wildman–Crippen LogP) is 3.31. The van der Waals surface area contributed by atoms with E-state index in [1.54, 1.807) is 21.0 Å². The van der Waals surface area contributed by atoms with E-state index < -0.39 is 4.92 Å². The molecule has 0 aliphatic heterocycles. The Labute approximate surface area is 180 Å². The molecule has 1 aromatic carbocycles. The van der Waals surface area contributed by atoms with Crippen molar-refractivity contribution in [2.45, 2.75) is 47.2 Å². The Morgan fingerprint density at radius 3 is 2.48 bits per heavy atom. The molecule has 0 radical (unpaired) electrons. The molecular formula is C21H26N6O4. The van der Waals surface area contributed by atoms with Crippen molar-refractivity contribution in [2.24, 2.45) is 0 Å². The van der Waals surface area contributed by atoms with Gasteiger partial charge in [-0.25, -0.2) is 0 Å². The van der Waals surface area contributed by atoms with Gasteiger partial charge in [-0.05, 0) is 45.4 Å². The minimum Gasteiger partial charge on any atom is -0.497 e. The Hall–Kier alpha value is -3.69. The SMILES string of the molecule is COc1cccc(Cn2nc(C)c(NC(=O)CCn3nc(C)c([N+](=O)[O-])c3C)c2C)c1. The van der Waals surface area contributed by atoms with E-state index in [0.717, 1.165) is 22.7 Å². The number of anilines is 1. The number of carbonyl (C=O) groups excluding carboxylic acids is 1. The van der Waals surface area contributed by atoms with E-state index in [1.165, 1.54) is 4.68 Å². The summed E-state index contributed by atoms with van der Waals surface area (Å²) >= 11 is 0. The van der Waals surface area contributed by atoms with Crippen molar-refractivity contribution >= 4 is 17.3 Å². The minimum absolute atomic E-state index is 0.00841. The van der Waals surface area contributed by atoms with Gasteiger partial charge >= 0.3 is 5.69 Å². The molecule has 3 rings (SSSR count). The third-order valence-corrected chi connectivity index (χ3v) is 5.19. The van der Waals surface area contributed by atoms with Crippen molar-refractivity contribution in [3.8, 4) is 5.75 Å². The van der Waals surface area contributed by atoms with Gasteiger partial charge in [0, 0.05) is 6.42 Å². The summed E-state index contributed by atoms with van der Waals surface area (Å²) in [4.78, 5) is 23.2. The number of amides is 1. The number of nitro groups is 1. The van der Waals surface area contributed by atoms with Crippen LogP contribution in [0.3, 0.4) is 0 Å². The first-order chi connectivity index (χ1) is 14.7. The van der Waals surface area contributed by atoms with Gasteiger partial charge in [-0.2, -0.15) is 10.2 Å². The molecule has 0 saturated heterocycles. The molecule has 0 bridgehead atoms. The molecule has 10 heteroatoms. The van der Waals surface area contributed by atoms with Gasteiger partial charge in [-0.3, -0.25) is 24.3 Å². The van der Waals surface area contributed by atoms with E-state index in [4.69, 9.17) is 4.74 Å². The van der Waals surface area contributed by atoms with Gasteiger partial charge in [-0.1, -0.05) is 12.1 Å². The van der Waals surface area contributed by atoms with Crippen LogP contribution in [-0.2, 0) is 17.9 Å². The van der Waals surface area contributed by atoms with E-state index in [-0.39, 0.29) is 24.6 Å². The monoisotopic (exact) mass is 426 g/mol. The van der Waals surface area contributed by atoms with Gasteiger partial charge in [0.05, 0.1) is 42.2 Å². The number of hydrogen-bond acceptors (Lipinski definition) is 6. The molecule has 2 heterocycles. The molecule has 0 aliphatic carbocycles. The average molecular weight is 426 g/mol. The molecular weight excluding hydrogens is 400 g/mol. The average Bonchev–Trinajstić information content (AvgIpc) is 3.15. The molecule has 164 valence electrons. The summed E-state index contributed by atoms with van der Waals surface area (Å²) in [6, 6.07) is 7.74. The summed E-state index contributed by atoms with van der Waals surface area (Å²) < 4.78 is 8.60. The number of carbonyl (C=O) groups is 1. The molecule has 0 unspecified atom stereocenters. The van der Waals surface area contributed by atoms with Crippen LogP contribution in [0.1, 0.15) is 34.8 Å². The highest BCUT2D eigenvalue weighted by Crippen LogP contribution is 2.23. The molecule has 0 spiro atoms. The first kappa shape index (κ1) is 22.0. The van der Waals surface area contributed by atoms with Gasteiger partial charge in [0.2, 0.25) is 5.91 Å². The van der Waals surface area contributed by atoms with Crippen molar-refractivity contribution in [3.05, 3.63) is 62.7 Å². The van der Waals surface area contributed by atoms with Crippen molar-refractivity contribution < 1.29 is 14.5 Å². The predicted molar refractivity (Wildman–Crippen MR) is 115 cm³/mol. The number of rotatable bonds is 8. The van der Waals surface area contributed by atoms with Crippen molar-refractivity contribution in [3.63, 3.8) is 0 Å². The van der Waals surface area contributed by atoms with E-state index in [9.17, 15) is 14.9 Å². The van der Waals surface area contributed by atoms with Gasteiger partial charge in [0.1, 0.15) is 17.1 Å². The van der Waals surface area contributed by atoms with Crippen LogP contribution in [0.2, 0.25) is 0 Å². The third-order valence-electron chi connectivity index (χ3n) is 5.19. The van der Waals surface area contributed by atoms with Crippen molar-refractivity contribution in [2.75, 3.05) is 12.4 Å². The highest BCUT2D eigenvalue weighted by Gasteiger charge is 2.22. The molecule has 1 amide bonds. The molecule has 2 aromatic heterocycles. The second-order valence-corrected chi connectivity index (χ2v) is 7.35. The molecule has 0 atom stereocenters. The number of methoxy groups -OCH3 is 1. The normalized spacial score (nSPS) is 10.9. The van der Waals surface area contributed by atoms with Crippen LogP contribution in [0.4, 0.5) is 11.4 Å². The number of ether oxygens (including phenoxy) is 1. The summed E-state index contributed by atoms with van der Waals surface area (Å²) in [6.07, 6.45) is 0.138. The van der Waals surface area contributed by atoms with Crippen LogP contribution in [0.25, 0.3) is 0 Å². The lowest BCUT2D eigenvalue weighted by atomic mass is 10.2.